The van der Waals surface area contributed by atoms with Crippen molar-refractivity contribution in [2.75, 3.05) is 0 Å². The molecule has 1 heterocycles. The van der Waals surface area contributed by atoms with E-state index in [4.69, 9.17) is 0 Å². The van der Waals surface area contributed by atoms with Gasteiger partial charge in [0.15, 0.2) is 0 Å². The molecule has 50 valence electrons. The first-order chi connectivity index (χ1) is 4.97. The van der Waals surface area contributed by atoms with Crippen LogP contribution in [-0.4, -0.2) is 0 Å². The van der Waals surface area contributed by atoms with Crippen LogP contribution in [0.5, 0.6) is 0 Å². The molecule has 1 aromatic rings. The van der Waals surface area contributed by atoms with Crippen LogP contribution in [0.25, 0.3) is 6.08 Å². The molecule has 0 amide bonds. The first kappa shape index (κ1) is 8.87. The molecule has 0 unspecified atom stereocenters. The van der Waals surface area contributed by atoms with Gasteiger partial charge in [0.25, 0.3) is 0 Å². The average Bonchev–Trinajstić information content (AvgIpc) is 2.05. The van der Waals surface area contributed by atoms with Crippen LogP contribution in [0.1, 0.15) is 11.1 Å². The summed E-state index contributed by atoms with van der Waals surface area (Å²) in [6.45, 7) is 0. The molecule has 0 saturated carbocycles. The second kappa shape index (κ2) is 3.97. The molecule has 0 atom stereocenters. The molecule has 0 nitrogen and oxygen atoms in total. The van der Waals surface area contributed by atoms with Crippen molar-refractivity contribution in [2.45, 2.75) is 0 Å². The van der Waals surface area contributed by atoms with E-state index in [1.807, 2.05) is 0 Å². The van der Waals surface area contributed by atoms with Crippen molar-refractivity contribution in [1.29, 1.82) is 0 Å². The van der Waals surface area contributed by atoms with Crippen molar-refractivity contribution in [3.63, 3.8) is 0 Å². The number of hydrogen-bond donors (Lipinski definition) is 0. The zero-order chi connectivity index (χ0) is 6.81. The number of thioether (sulfide) groups is 1. The average molecular weight is 154 g/mol. The second-order valence-electron chi connectivity index (χ2n) is 2.19. The smallest absolute Gasteiger partial charge is 0.176 e. The minimum Gasteiger partial charge on any atom is -0.176 e. The number of hydrogen-bond acceptors (Lipinski definition) is 1. The maximum atomic E-state index is 2.16. The quantitative estimate of drug-likeness (QED) is 0.372. The third kappa shape index (κ3) is 1.87. The molecule has 0 radical (unpaired) electrons. The van der Waals surface area contributed by atoms with Crippen LogP contribution in [0.2, 0.25) is 0 Å². The fourth-order valence-corrected chi connectivity index (χ4v) is 1.66. The van der Waals surface area contributed by atoms with Gasteiger partial charge in [0.05, 0.1) is 0 Å². The minimum atomic E-state index is 0. The Bertz CT molecular complexity index is 268. The maximum absolute atomic E-state index is 2.16. The molecular weight excluding hydrogens is 147 g/mol. The SMILES string of the molecule is C1=Cc2ccccc2[CH-]S1.[Li+]. The molecule has 2 rings (SSSR count). The van der Waals surface area contributed by atoms with Crippen molar-refractivity contribution >= 4 is 17.8 Å². The van der Waals surface area contributed by atoms with Gasteiger partial charge in [0.1, 0.15) is 0 Å². The molecule has 0 spiro atoms. The predicted octanol–water partition coefficient (Wildman–Crippen LogP) is -0.0820. The van der Waals surface area contributed by atoms with Crippen molar-refractivity contribution in [3.8, 4) is 0 Å². The van der Waals surface area contributed by atoms with Crippen LogP contribution in [0.3, 0.4) is 0 Å². The van der Waals surface area contributed by atoms with Crippen LogP contribution < -0.4 is 18.9 Å². The van der Waals surface area contributed by atoms with Gasteiger partial charge in [-0.1, -0.05) is 6.07 Å². The number of rotatable bonds is 0. The monoisotopic (exact) mass is 154 g/mol. The summed E-state index contributed by atoms with van der Waals surface area (Å²) in [5.41, 5.74) is 2.65. The zero-order valence-electron chi connectivity index (χ0n) is 6.45. The van der Waals surface area contributed by atoms with Gasteiger partial charge < -0.3 is 0 Å². The van der Waals surface area contributed by atoms with Crippen molar-refractivity contribution in [2.24, 2.45) is 0 Å². The van der Waals surface area contributed by atoms with E-state index >= 15 is 0 Å². The van der Waals surface area contributed by atoms with Crippen LogP contribution >= 0.6 is 11.8 Å². The molecule has 11 heavy (non-hydrogen) atoms. The summed E-state index contributed by atoms with van der Waals surface area (Å²) in [6, 6.07) is 8.38. The Hall–Kier alpha value is -0.223. The van der Waals surface area contributed by atoms with Crippen LogP contribution in [-0.2, 0) is 0 Å². The normalized spacial score (nSPS) is 12.7. The van der Waals surface area contributed by atoms with Crippen LogP contribution in [0.4, 0.5) is 0 Å². The fourth-order valence-electron chi connectivity index (χ4n) is 0.995. The largest absolute Gasteiger partial charge is 1.00 e. The van der Waals surface area contributed by atoms with Gasteiger partial charge in [0, 0.05) is 0 Å². The summed E-state index contributed by atoms with van der Waals surface area (Å²) < 4.78 is 0. The van der Waals surface area contributed by atoms with Gasteiger partial charge in [-0.3, -0.25) is 0 Å². The Kier molecular flexibility index (Phi) is 3.20. The van der Waals surface area contributed by atoms with E-state index < -0.39 is 0 Å². The van der Waals surface area contributed by atoms with E-state index in [1.165, 1.54) is 11.1 Å². The summed E-state index contributed by atoms with van der Waals surface area (Å²) in [6.07, 6.45) is 2.14. The zero-order valence-corrected chi connectivity index (χ0v) is 7.27. The number of fused-ring (bicyclic) bond motifs is 1. The Labute approximate surface area is 83.3 Å². The van der Waals surface area contributed by atoms with Crippen molar-refractivity contribution in [1.82, 2.24) is 0 Å². The summed E-state index contributed by atoms with van der Waals surface area (Å²) in [7, 11) is 0. The Morgan fingerprint density at radius 2 is 2.00 bits per heavy atom. The molecule has 1 aliphatic heterocycles. The van der Waals surface area contributed by atoms with Crippen LogP contribution in [0.15, 0.2) is 29.7 Å². The van der Waals surface area contributed by atoms with Gasteiger partial charge in [-0.15, -0.1) is 29.5 Å². The Balaban J connectivity index is 0.000000605. The summed E-state index contributed by atoms with van der Waals surface area (Å²) in [5.74, 6) is 2.16. The third-order valence-electron chi connectivity index (χ3n) is 1.52. The summed E-state index contributed by atoms with van der Waals surface area (Å²) in [5, 5.41) is 2.10. The molecule has 0 aliphatic carbocycles. The summed E-state index contributed by atoms with van der Waals surface area (Å²) in [4.78, 5) is 0. The van der Waals surface area contributed by atoms with E-state index in [0.29, 0.717) is 0 Å². The van der Waals surface area contributed by atoms with Crippen molar-refractivity contribution in [3.05, 3.63) is 46.6 Å². The molecule has 1 aromatic carbocycles. The molecular formula is C9H7LiS. The Morgan fingerprint density at radius 3 is 2.82 bits per heavy atom. The summed E-state index contributed by atoms with van der Waals surface area (Å²) >= 11 is 1.73. The second-order valence-corrected chi connectivity index (χ2v) is 2.97. The fraction of sp³-hybridized carbons (Fsp3) is 0. The molecule has 0 saturated heterocycles. The third-order valence-corrected chi connectivity index (χ3v) is 2.20. The van der Waals surface area contributed by atoms with E-state index in [2.05, 4.69) is 41.5 Å². The van der Waals surface area contributed by atoms with Gasteiger partial charge >= 0.3 is 18.9 Å². The van der Waals surface area contributed by atoms with Crippen LogP contribution in [0, 0.1) is 5.75 Å². The van der Waals surface area contributed by atoms with E-state index in [9.17, 15) is 0 Å². The number of benzene rings is 1. The van der Waals surface area contributed by atoms with Gasteiger partial charge in [-0.2, -0.15) is 23.4 Å². The first-order valence-corrected chi connectivity index (χ1v) is 4.15. The van der Waals surface area contributed by atoms with Gasteiger partial charge in [0.2, 0.25) is 0 Å². The van der Waals surface area contributed by atoms with Crippen molar-refractivity contribution < 1.29 is 18.9 Å². The maximum Gasteiger partial charge on any atom is 1.00 e. The van der Waals surface area contributed by atoms with E-state index in [0.717, 1.165) is 0 Å². The Morgan fingerprint density at radius 1 is 1.18 bits per heavy atom. The van der Waals surface area contributed by atoms with Gasteiger partial charge in [-0.05, 0) is 5.41 Å². The molecule has 2 heteroatoms. The molecule has 1 aliphatic rings. The predicted molar refractivity (Wildman–Crippen MR) is 46.5 cm³/mol. The van der Waals surface area contributed by atoms with Gasteiger partial charge in [-0.25, -0.2) is 0 Å². The standard InChI is InChI=1S/C9H7S.Li/c1-2-4-9-7-10-6-5-8(9)3-1;/h1-7H;/q-1;+1. The molecule has 0 bridgehead atoms. The first-order valence-electron chi connectivity index (χ1n) is 3.21. The van der Waals surface area contributed by atoms with E-state index in [-0.39, 0.29) is 18.9 Å². The molecule has 0 N–H and O–H groups in total. The van der Waals surface area contributed by atoms with E-state index in [1.54, 1.807) is 11.8 Å². The molecule has 0 fully saturated rings. The topological polar surface area (TPSA) is 0 Å². The molecule has 0 aromatic heterocycles. The minimum absolute atomic E-state index is 0.